The van der Waals surface area contributed by atoms with Gasteiger partial charge in [0.15, 0.2) is 0 Å². The monoisotopic (exact) mass is 311 g/mol. The van der Waals surface area contributed by atoms with Crippen LogP contribution in [0.5, 0.6) is 5.75 Å². The highest BCUT2D eigenvalue weighted by atomic mass is 35.5. The average molecular weight is 312 g/mol. The van der Waals surface area contributed by atoms with Gasteiger partial charge in [-0.15, -0.1) is 0 Å². The van der Waals surface area contributed by atoms with Crippen molar-refractivity contribution in [2.45, 2.75) is 12.8 Å². The molecule has 1 saturated heterocycles. The van der Waals surface area contributed by atoms with E-state index in [4.69, 9.17) is 16.3 Å². The maximum atomic E-state index is 11.8. The Bertz CT molecular complexity index is 503. The van der Waals surface area contributed by atoms with Gasteiger partial charge in [0.1, 0.15) is 5.75 Å². The second-order valence-corrected chi connectivity index (χ2v) is 5.36. The van der Waals surface area contributed by atoms with E-state index in [1.807, 2.05) is 0 Å². The summed E-state index contributed by atoms with van der Waals surface area (Å²) >= 11 is 5.79. The maximum absolute atomic E-state index is 11.8. The first kappa shape index (κ1) is 15.6. The number of likely N-dealkylation sites (tertiary alicyclic amines) is 1. The van der Waals surface area contributed by atoms with Crippen LogP contribution in [0.25, 0.3) is 0 Å². The van der Waals surface area contributed by atoms with Gasteiger partial charge in [-0.3, -0.25) is 9.59 Å². The molecule has 0 spiro atoms. The molecule has 21 heavy (non-hydrogen) atoms. The molecular formula is C15H18ClNO4. The van der Waals surface area contributed by atoms with Crippen LogP contribution >= 0.6 is 11.6 Å². The van der Waals surface area contributed by atoms with Crippen molar-refractivity contribution in [3.63, 3.8) is 0 Å². The lowest BCUT2D eigenvalue weighted by molar-refractivity contribution is -0.145. The molecule has 1 aliphatic heterocycles. The molecule has 1 amide bonds. The summed E-state index contributed by atoms with van der Waals surface area (Å²) in [5.41, 5.74) is 0. The molecule has 1 unspecified atom stereocenters. The summed E-state index contributed by atoms with van der Waals surface area (Å²) in [4.78, 5) is 24.9. The number of amides is 1. The lowest BCUT2D eigenvalue weighted by atomic mass is 10.1. The Morgan fingerprint density at radius 3 is 2.76 bits per heavy atom. The summed E-state index contributed by atoms with van der Waals surface area (Å²) in [7, 11) is 1.34. The van der Waals surface area contributed by atoms with Crippen LogP contribution < -0.4 is 4.74 Å². The second kappa shape index (κ2) is 7.31. The highest BCUT2D eigenvalue weighted by Crippen LogP contribution is 2.19. The van der Waals surface area contributed by atoms with Crippen molar-refractivity contribution in [2.75, 3.05) is 26.8 Å². The van der Waals surface area contributed by atoms with E-state index in [1.165, 1.54) is 7.11 Å². The number of hydrogen-bond acceptors (Lipinski definition) is 4. The van der Waals surface area contributed by atoms with Crippen molar-refractivity contribution >= 4 is 23.5 Å². The molecule has 5 nitrogen and oxygen atoms in total. The zero-order chi connectivity index (χ0) is 15.2. The van der Waals surface area contributed by atoms with Crippen LogP contribution in [0.15, 0.2) is 24.3 Å². The van der Waals surface area contributed by atoms with Gasteiger partial charge >= 0.3 is 5.97 Å². The van der Waals surface area contributed by atoms with Gasteiger partial charge in [0.2, 0.25) is 5.91 Å². The first-order valence-electron chi connectivity index (χ1n) is 6.84. The van der Waals surface area contributed by atoms with Gasteiger partial charge in [-0.1, -0.05) is 11.6 Å². The van der Waals surface area contributed by atoms with Crippen LogP contribution in [-0.2, 0) is 14.3 Å². The van der Waals surface area contributed by atoms with Crippen LogP contribution in [0.3, 0.4) is 0 Å². The Balaban J connectivity index is 1.70. The van der Waals surface area contributed by atoms with E-state index >= 15 is 0 Å². The van der Waals surface area contributed by atoms with Gasteiger partial charge in [-0.05, 0) is 30.7 Å². The van der Waals surface area contributed by atoms with Gasteiger partial charge in [0, 0.05) is 24.5 Å². The fourth-order valence-electron chi connectivity index (χ4n) is 2.29. The second-order valence-electron chi connectivity index (χ2n) is 4.92. The Morgan fingerprint density at radius 1 is 1.38 bits per heavy atom. The van der Waals surface area contributed by atoms with Crippen molar-refractivity contribution in [1.29, 1.82) is 0 Å². The van der Waals surface area contributed by atoms with Crippen LogP contribution in [0.4, 0.5) is 0 Å². The first-order valence-corrected chi connectivity index (χ1v) is 7.22. The van der Waals surface area contributed by atoms with Gasteiger partial charge in [0.05, 0.1) is 19.6 Å². The molecule has 0 radical (unpaired) electrons. The van der Waals surface area contributed by atoms with Crippen molar-refractivity contribution in [1.82, 2.24) is 4.90 Å². The predicted octanol–water partition coefficient (Wildman–Crippen LogP) is 2.13. The Morgan fingerprint density at radius 2 is 2.10 bits per heavy atom. The molecule has 1 aliphatic rings. The third kappa shape index (κ3) is 4.36. The molecule has 2 rings (SSSR count). The zero-order valence-corrected chi connectivity index (χ0v) is 12.6. The normalized spacial score (nSPS) is 17.9. The van der Waals surface area contributed by atoms with Gasteiger partial charge in [-0.2, -0.15) is 0 Å². The molecular weight excluding hydrogens is 294 g/mol. The smallest absolute Gasteiger partial charge is 0.310 e. The van der Waals surface area contributed by atoms with E-state index in [1.54, 1.807) is 29.2 Å². The molecule has 1 aromatic carbocycles. The summed E-state index contributed by atoms with van der Waals surface area (Å²) < 4.78 is 10.2. The van der Waals surface area contributed by atoms with E-state index in [2.05, 4.69) is 4.74 Å². The van der Waals surface area contributed by atoms with Crippen LogP contribution in [-0.4, -0.2) is 43.6 Å². The standard InChI is InChI=1S/C15H18ClNO4/c1-20-15(19)11-9-14(18)17(10-11)7-2-8-21-13-5-3-12(16)4-6-13/h3-6,11H,2,7-10H2,1H3. The van der Waals surface area contributed by atoms with Crippen LogP contribution in [0.1, 0.15) is 12.8 Å². The molecule has 0 saturated carbocycles. The van der Waals surface area contributed by atoms with Crippen LogP contribution in [0.2, 0.25) is 5.02 Å². The largest absolute Gasteiger partial charge is 0.494 e. The number of nitrogens with zero attached hydrogens (tertiary/aromatic N) is 1. The molecule has 0 N–H and O–H groups in total. The third-order valence-electron chi connectivity index (χ3n) is 3.40. The topological polar surface area (TPSA) is 55.8 Å². The summed E-state index contributed by atoms with van der Waals surface area (Å²) in [6.07, 6.45) is 0.951. The van der Waals surface area contributed by atoms with E-state index in [0.717, 1.165) is 5.75 Å². The summed E-state index contributed by atoms with van der Waals surface area (Å²) in [6, 6.07) is 7.14. The minimum absolute atomic E-state index is 0.00288. The molecule has 0 aromatic heterocycles. The SMILES string of the molecule is COC(=O)C1CC(=O)N(CCCOc2ccc(Cl)cc2)C1. The lowest BCUT2D eigenvalue weighted by Crippen LogP contribution is -2.28. The number of halogens is 1. The number of carbonyl (C=O) groups is 2. The quantitative estimate of drug-likeness (QED) is 0.596. The summed E-state index contributed by atoms with van der Waals surface area (Å²) in [5, 5.41) is 0.666. The van der Waals surface area contributed by atoms with E-state index in [-0.39, 0.29) is 24.2 Å². The minimum Gasteiger partial charge on any atom is -0.494 e. The predicted molar refractivity (Wildman–Crippen MR) is 78.3 cm³/mol. The van der Waals surface area contributed by atoms with E-state index < -0.39 is 0 Å². The van der Waals surface area contributed by atoms with Gasteiger partial charge in [-0.25, -0.2) is 0 Å². The molecule has 0 aliphatic carbocycles. The number of rotatable bonds is 6. The van der Waals surface area contributed by atoms with Crippen molar-refractivity contribution in [3.05, 3.63) is 29.3 Å². The Hall–Kier alpha value is -1.75. The number of methoxy groups -OCH3 is 1. The molecule has 1 fully saturated rings. The summed E-state index contributed by atoms with van der Waals surface area (Å²) in [5.74, 6) is 0.0967. The number of benzene rings is 1. The average Bonchev–Trinajstić information content (AvgIpc) is 2.86. The number of hydrogen-bond donors (Lipinski definition) is 0. The Kier molecular flexibility index (Phi) is 5.44. The number of esters is 1. The lowest BCUT2D eigenvalue weighted by Gasteiger charge is -2.16. The fraction of sp³-hybridized carbons (Fsp3) is 0.467. The third-order valence-corrected chi connectivity index (χ3v) is 3.66. The van der Waals surface area contributed by atoms with Gasteiger partial charge < -0.3 is 14.4 Å². The molecule has 1 heterocycles. The molecule has 1 atom stereocenters. The highest BCUT2D eigenvalue weighted by Gasteiger charge is 2.34. The molecule has 0 bridgehead atoms. The van der Waals surface area contributed by atoms with Crippen molar-refractivity contribution in [2.24, 2.45) is 5.92 Å². The number of ether oxygens (including phenoxy) is 2. The summed E-state index contributed by atoms with van der Waals surface area (Å²) in [6.45, 7) is 1.53. The van der Waals surface area contributed by atoms with E-state index in [9.17, 15) is 9.59 Å². The number of carbonyl (C=O) groups excluding carboxylic acids is 2. The van der Waals surface area contributed by atoms with Crippen LogP contribution in [0, 0.1) is 5.92 Å². The fourth-order valence-corrected chi connectivity index (χ4v) is 2.42. The van der Waals surface area contributed by atoms with Crippen molar-refractivity contribution in [3.8, 4) is 5.75 Å². The van der Waals surface area contributed by atoms with Crippen molar-refractivity contribution < 1.29 is 19.1 Å². The maximum Gasteiger partial charge on any atom is 0.310 e. The molecule has 114 valence electrons. The first-order chi connectivity index (χ1) is 10.1. The Labute approximate surface area is 128 Å². The molecule has 6 heteroatoms. The minimum atomic E-state index is -0.334. The van der Waals surface area contributed by atoms with E-state index in [0.29, 0.717) is 31.1 Å². The molecule has 1 aromatic rings. The zero-order valence-electron chi connectivity index (χ0n) is 11.9. The highest BCUT2D eigenvalue weighted by molar-refractivity contribution is 6.30. The van der Waals surface area contributed by atoms with Gasteiger partial charge in [0.25, 0.3) is 0 Å².